The van der Waals surface area contributed by atoms with Crippen LogP contribution in [0.1, 0.15) is 12.0 Å². The molecule has 0 spiro atoms. The lowest BCUT2D eigenvalue weighted by Gasteiger charge is -2.10. The zero-order valence-electron chi connectivity index (χ0n) is 15.5. The van der Waals surface area contributed by atoms with Crippen molar-refractivity contribution in [3.63, 3.8) is 0 Å². The molecule has 0 bridgehead atoms. The maximum absolute atomic E-state index is 13.3. The molecule has 1 amide bonds. The number of alkyl halides is 1. The fourth-order valence-electron chi connectivity index (χ4n) is 3.20. The second-order valence-corrected chi connectivity index (χ2v) is 6.53. The van der Waals surface area contributed by atoms with Crippen molar-refractivity contribution in [1.82, 2.24) is 25.4 Å². The highest BCUT2D eigenvalue weighted by Gasteiger charge is 2.29. The van der Waals surface area contributed by atoms with Crippen molar-refractivity contribution in [2.24, 2.45) is 0 Å². The van der Waals surface area contributed by atoms with Gasteiger partial charge in [0.15, 0.2) is 0 Å². The number of hydrogen-bond acceptors (Lipinski definition) is 4. The standard InChI is InChI=1S/C20H20FN5O.2ClH/c21-16-10-18(23-12-16)20(27)24-11-15-13-26(17-4-2-1-3-5-17)25-19(15)14-6-8-22-9-7-14;;/h1-9,13,16,18,23H,10-12H2,(H,24,27);2*1H/t16-,18+;;/m0../s1. The van der Waals surface area contributed by atoms with Gasteiger partial charge in [-0.25, -0.2) is 9.07 Å². The number of hydrogen-bond donors (Lipinski definition) is 2. The van der Waals surface area contributed by atoms with Crippen molar-refractivity contribution < 1.29 is 9.18 Å². The normalized spacial score (nSPS) is 17.8. The number of amides is 1. The van der Waals surface area contributed by atoms with E-state index in [2.05, 4.69) is 15.6 Å². The van der Waals surface area contributed by atoms with Crippen molar-refractivity contribution in [2.75, 3.05) is 6.54 Å². The lowest BCUT2D eigenvalue weighted by Crippen LogP contribution is -2.40. The summed E-state index contributed by atoms with van der Waals surface area (Å²) in [6.07, 6.45) is 4.58. The van der Waals surface area contributed by atoms with Gasteiger partial charge in [-0.1, -0.05) is 18.2 Å². The Bertz CT molecular complexity index is 923. The van der Waals surface area contributed by atoms with Crippen LogP contribution in [0.2, 0.25) is 0 Å². The first-order chi connectivity index (χ1) is 13.2. The van der Waals surface area contributed by atoms with Gasteiger partial charge in [-0.2, -0.15) is 5.10 Å². The van der Waals surface area contributed by atoms with Crippen molar-refractivity contribution in [2.45, 2.75) is 25.2 Å². The molecule has 0 aliphatic carbocycles. The zero-order valence-corrected chi connectivity index (χ0v) is 17.1. The van der Waals surface area contributed by atoms with Crippen molar-refractivity contribution >= 4 is 30.7 Å². The number of pyridine rings is 1. The number of carbonyl (C=O) groups excluding carboxylic acids is 1. The fourth-order valence-corrected chi connectivity index (χ4v) is 3.20. The van der Waals surface area contributed by atoms with Gasteiger partial charge in [0.05, 0.1) is 17.4 Å². The molecule has 1 saturated heterocycles. The van der Waals surface area contributed by atoms with Crippen LogP contribution in [0.3, 0.4) is 0 Å². The molecule has 1 aliphatic rings. The maximum atomic E-state index is 13.3. The summed E-state index contributed by atoms with van der Waals surface area (Å²) in [4.78, 5) is 16.4. The largest absolute Gasteiger partial charge is 0.351 e. The molecule has 29 heavy (non-hydrogen) atoms. The molecule has 2 N–H and O–H groups in total. The summed E-state index contributed by atoms with van der Waals surface area (Å²) >= 11 is 0. The quantitative estimate of drug-likeness (QED) is 0.643. The SMILES string of the molecule is Cl.Cl.O=C(NCc1cn(-c2ccccc2)nc1-c1ccncc1)[C@H]1C[C@H](F)CN1. The molecule has 2 atom stereocenters. The van der Waals surface area contributed by atoms with Gasteiger partial charge in [0.25, 0.3) is 0 Å². The summed E-state index contributed by atoms with van der Waals surface area (Å²) in [5.74, 6) is -0.191. The molecular weight excluding hydrogens is 416 g/mol. The number of rotatable bonds is 5. The van der Waals surface area contributed by atoms with Crippen molar-refractivity contribution in [3.05, 3.63) is 66.6 Å². The fraction of sp³-hybridized carbons (Fsp3) is 0.250. The average Bonchev–Trinajstić information content (AvgIpc) is 3.34. The summed E-state index contributed by atoms with van der Waals surface area (Å²) in [5, 5.41) is 10.5. The van der Waals surface area contributed by atoms with Crippen LogP contribution in [0.5, 0.6) is 0 Å². The smallest absolute Gasteiger partial charge is 0.237 e. The van der Waals surface area contributed by atoms with Gasteiger partial charge in [-0.3, -0.25) is 9.78 Å². The van der Waals surface area contributed by atoms with E-state index in [1.807, 2.05) is 48.7 Å². The van der Waals surface area contributed by atoms with E-state index < -0.39 is 12.2 Å². The maximum Gasteiger partial charge on any atom is 0.237 e. The molecule has 0 unspecified atom stereocenters. The minimum Gasteiger partial charge on any atom is -0.351 e. The third-order valence-electron chi connectivity index (χ3n) is 4.61. The number of carbonyl (C=O) groups is 1. The molecule has 1 aromatic carbocycles. The van der Waals surface area contributed by atoms with Gasteiger partial charge in [-0.15, -0.1) is 24.8 Å². The average molecular weight is 438 g/mol. The van der Waals surface area contributed by atoms with Crippen LogP contribution in [0.15, 0.2) is 61.1 Å². The van der Waals surface area contributed by atoms with Gasteiger partial charge in [-0.05, 0) is 24.3 Å². The van der Waals surface area contributed by atoms with Gasteiger partial charge in [0.2, 0.25) is 5.91 Å². The summed E-state index contributed by atoms with van der Waals surface area (Å²) < 4.78 is 15.1. The van der Waals surface area contributed by atoms with E-state index >= 15 is 0 Å². The number of nitrogens with one attached hydrogen (secondary N) is 2. The van der Waals surface area contributed by atoms with Crippen molar-refractivity contribution in [1.29, 1.82) is 0 Å². The summed E-state index contributed by atoms with van der Waals surface area (Å²) in [6.45, 7) is 0.546. The van der Waals surface area contributed by atoms with Crippen molar-refractivity contribution in [3.8, 4) is 16.9 Å². The predicted octanol–water partition coefficient (Wildman–Crippen LogP) is 3.09. The second-order valence-electron chi connectivity index (χ2n) is 6.53. The minimum atomic E-state index is -0.964. The Hall–Kier alpha value is -2.48. The topological polar surface area (TPSA) is 71.8 Å². The number of benzene rings is 1. The minimum absolute atomic E-state index is 0. The Kier molecular flexibility index (Phi) is 8.13. The molecule has 9 heteroatoms. The summed E-state index contributed by atoms with van der Waals surface area (Å²) in [5.41, 5.74) is 3.52. The van der Waals surface area contributed by atoms with E-state index in [1.165, 1.54) is 0 Å². The Labute approximate surface area is 180 Å². The third-order valence-corrected chi connectivity index (χ3v) is 4.61. The van der Waals surface area contributed by atoms with E-state index in [0.717, 1.165) is 22.5 Å². The summed E-state index contributed by atoms with van der Waals surface area (Å²) in [7, 11) is 0. The first kappa shape index (κ1) is 22.8. The molecule has 6 nitrogen and oxygen atoms in total. The van der Waals surface area contributed by atoms with Crippen LogP contribution in [0.4, 0.5) is 4.39 Å². The Balaban J connectivity index is 0.00000150. The molecule has 3 heterocycles. The molecule has 154 valence electrons. The predicted molar refractivity (Wildman–Crippen MR) is 114 cm³/mol. The third kappa shape index (κ3) is 5.32. The van der Waals surface area contributed by atoms with E-state index in [4.69, 9.17) is 5.10 Å². The Morgan fingerprint density at radius 2 is 1.90 bits per heavy atom. The Morgan fingerprint density at radius 1 is 1.17 bits per heavy atom. The number of para-hydroxylation sites is 1. The van der Waals surface area contributed by atoms with Crippen LogP contribution in [-0.2, 0) is 11.3 Å². The number of aromatic nitrogens is 3. The first-order valence-corrected chi connectivity index (χ1v) is 8.90. The Morgan fingerprint density at radius 3 is 2.55 bits per heavy atom. The van der Waals surface area contributed by atoms with Crippen LogP contribution >= 0.6 is 24.8 Å². The molecule has 4 rings (SSSR count). The van der Waals surface area contributed by atoms with Crippen LogP contribution in [-0.4, -0.2) is 39.4 Å². The van der Waals surface area contributed by atoms with Gasteiger partial charge >= 0.3 is 0 Å². The summed E-state index contributed by atoms with van der Waals surface area (Å²) in [6, 6.07) is 13.1. The first-order valence-electron chi connectivity index (χ1n) is 8.90. The second kappa shape index (κ2) is 10.3. The van der Waals surface area contributed by atoms with E-state index in [-0.39, 0.29) is 43.7 Å². The molecule has 0 saturated carbocycles. The van der Waals surface area contributed by atoms with Gasteiger partial charge in [0, 0.05) is 49.2 Å². The van der Waals surface area contributed by atoms with E-state index in [9.17, 15) is 9.18 Å². The number of nitrogens with zero attached hydrogens (tertiary/aromatic N) is 3. The van der Waals surface area contributed by atoms with E-state index in [0.29, 0.717) is 6.54 Å². The van der Waals surface area contributed by atoms with Crippen LogP contribution in [0, 0.1) is 0 Å². The highest BCUT2D eigenvalue weighted by atomic mass is 35.5. The van der Waals surface area contributed by atoms with Gasteiger partial charge < -0.3 is 10.6 Å². The van der Waals surface area contributed by atoms with Gasteiger partial charge in [0.1, 0.15) is 6.17 Å². The molecule has 2 aromatic heterocycles. The van der Waals surface area contributed by atoms with Crippen LogP contribution < -0.4 is 10.6 Å². The lowest BCUT2D eigenvalue weighted by atomic mass is 10.1. The van der Waals surface area contributed by atoms with Crippen LogP contribution in [0.25, 0.3) is 16.9 Å². The number of halogens is 3. The molecule has 1 aliphatic heterocycles. The molecule has 1 fully saturated rings. The molecule has 3 aromatic rings. The molecular formula is C20H22Cl2FN5O. The van der Waals surface area contributed by atoms with E-state index in [1.54, 1.807) is 17.1 Å². The zero-order chi connectivity index (χ0) is 18.6. The lowest BCUT2D eigenvalue weighted by molar-refractivity contribution is -0.123. The monoisotopic (exact) mass is 437 g/mol. The molecule has 0 radical (unpaired) electrons. The highest BCUT2D eigenvalue weighted by molar-refractivity contribution is 5.85. The highest BCUT2D eigenvalue weighted by Crippen LogP contribution is 2.23.